The van der Waals surface area contributed by atoms with E-state index in [4.69, 9.17) is 9.72 Å². The van der Waals surface area contributed by atoms with Crippen LogP contribution in [0.2, 0.25) is 0 Å². The number of rotatable bonds is 8. The molecule has 0 saturated heterocycles. The van der Waals surface area contributed by atoms with E-state index in [2.05, 4.69) is 62.7 Å². The Morgan fingerprint density at radius 3 is 2.37 bits per heavy atom. The summed E-state index contributed by atoms with van der Waals surface area (Å²) in [7, 11) is 0. The third kappa shape index (κ3) is 6.58. The molecule has 0 spiro atoms. The second kappa shape index (κ2) is 10.9. The minimum absolute atomic E-state index is 0.0140. The van der Waals surface area contributed by atoms with Crippen LogP contribution in [0, 0.1) is 6.92 Å². The normalized spacial score (nSPS) is 11.3. The molecule has 0 atom stereocenters. The van der Waals surface area contributed by atoms with Gasteiger partial charge in [-0.25, -0.2) is 4.98 Å². The summed E-state index contributed by atoms with van der Waals surface area (Å²) in [6.07, 6.45) is 1.07. The van der Waals surface area contributed by atoms with Crippen molar-refractivity contribution in [2.24, 2.45) is 0 Å². The number of hydrogen-bond acceptors (Lipinski definition) is 4. The van der Waals surface area contributed by atoms with Crippen molar-refractivity contribution in [2.45, 2.75) is 46.0 Å². The highest BCUT2D eigenvalue weighted by Crippen LogP contribution is 2.31. The van der Waals surface area contributed by atoms with Gasteiger partial charge >= 0.3 is 0 Å². The fraction of sp³-hybridized carbons (Fsp3) is 0.267. The molecule has 0 aliphatic heterocycles. The molecule has 1 N–H and O–H groups in total. The summed E-state index contributed by atoms with van der Waals surface area (Å²) in [5.74, 6) is 0.821. The number of hydrogen-bond donors (Lipinski definition) is 1. The van der Waals surface area contributed by atoms with Gasteiger partial charge in [0.2, 0.25) is 5.91 Å². The number of nitrogens with one attached hydrogen (secondary N) is 1. The molecule has 1 heterocycles. The highest BCUT2D eigenvalue weighted by atomic mass is 32.1. The van der Waals surface area contributed by atoms with E-state index < -0.39 is 0 Å². The summed E-state index contributed by atoms with van der Waals surface area (Å²) in [4.78, 5) is 17.2. The number of carbonyl (C=O) groups excluding carboxylic acids is 1. The predicted molar refractivity (Wildman–Crippen MR) is 146 cm³/mol. The number of aryl methyl sites for hydroxylation is 1. The Kier molecular flexibility index (Phi) is 7.67. The van der Waals surface area contributed by atoms with Crippen LogP contribution in [0.5, 0.6) is 5.75 Å². The maximum absolute atomic E-state index is 12.3. The standard InChI is InChI=1S/C30H32N2O2S/c1-21-8-5-6-9-26(21)29-32-27(20-35-29)22-11-15-24(16-12-22)31-28(33)10-7-19-34-25-17-13-23(14-18-25)30(2,3)4/h5-6,8-9,11-18,20H,7,10,19H2,1-4H3,(H,31,33). The van der Waals surface area contributed by atoms with Crippen LogP contribution in [0.25, 0.3) is 21.8 Å². The highest BCUT2D eigenvalue weighted by molar-refractivity contribution is 7.13. The molecule has 3 aromatic carbocycles. The van der Waals surface area contributed by atoms with E-state index in [0.717, 1.165) is 27.7 Å². The molecule has 0 aliphatic carbocycles. The molecular formula is C30H32N2O2S. The summed E-state index contributed by atoms with van der Waals surface area (Å²) in [6.45, 7) is 9.18. The van der Waals surface area contributed by atoms with Gasteiger partial charge in [-0.15, -0.1) is 11.3 Å². The molecule has 0 radical (unpaired) electrons. The summed E-state index contributed by atoms with van der Waals surface area (Å²) >= 11 is 1.64. The number of carbonyl (C=O) groups is 1. The first-order chi connectivity index (χ1) is 16.8. The monoisotopic (exact) mass is 484 g/mol. The molecule has 5 heteroatoms. The molecule has 1 amide bonds. The lowest BCUT2D eigenvalue weighted by Gasteiger charge is -2.19. The van der Waals surface area contributed by atoms with Crippen molar-refractivity contribution < 1.29 is 9.53 Å². The van der Waals surface area contributed by atoms with Gasteiger partial charge in [-0.2, -0.15) is 0 Å². The molecule has 0 saturated carbocycles. The van der Waals surface area contributed by atoms with Crippen molar-refractivity contribution >= 4 is 22.9 Å². The topological polar surface area (TPSA) is 51.2 Å². The summed E-state index contributed by atoms with van der Waals surface area (Å²) in [5, 5.41) is 6.06. The second-order valence-electron chi connectivity index (χ2n) is 9.70. The molecule has 0 bridgehead atoms. The van der Waals surface area contributed by atoms with Gasteiger partial charge < -0.3 is 10.1 Å². The van der Waals surface area contributed by atoms with Crippen LogP contribution in [0.4, 0.5) is 5.69 Å². The molecule has 180 valence electrons. The second-order valence-corrected chi connectivity index (χ2v) is 10.6. The first-order valence-electron chi connectivity index (χ1n) is 11.9. The molecule has 4 aromatic rings. The van der Waals surface area contributed by atoms with E-state index in [1.165, 1.54) is 16.7 Å². The average Bonchev–Trinajstić information content (AvgIpc) is 3.32. The molecular weight excluding hydrogens is 452 g/mol. The van der Waals surface area contributed by atoms with Crippen LogP contribution in [-0.4, -0.2) is 17.5 Å². The molecule has 0 fully saturated rings. The number of anilines is 1. The van der Waals surface area contributed by atoms with Crippen LogP contribution in [0.3, 0.4) is 0 Å². The Bertz CT molecular complexity index is 1270. The van der Waals surface area contributed by atoms with Crippen LogP contribution < -0.4 is 10.1 Å². The van der Waals surface area contributed by atoms with E-state index in [-0.39, 0.29) is 11.3 Å². The number of thiazole rings is 1. The van der Waals surface area contributed by atoms with Crippen LogP contribution in [0.1, 0.15) is 44.7 Å². The van der Waals surface area contributed by atoms with Crippen molar-refractivity contribution in [3.05, 3.63) is 89.3 Å². The maximum Gasteiger partial charge on any atom is 0.224 e. The van der Waals surface area contributed by atoms with Gasteiger partial charge in [0, 0.05) is 28.6 Å². The van der Waals surface area contributed by atoms with Gasteiger partial charge in [0.15, 0.2) is 0 Å². The molecule has 0 aliphatic rings. The molecule has 4 rings (SSSR count). The van der Waals surface area contributed by atoms with E-state index >= 15 is 0 Å². The first kappa shape index (κ1) is 24.7. The zero-order chi connectivity index (χ0) is 24.8. The summed E-state index contributed by atoms with van der Waals surface area (Å²) < 4.78 is 5.79. The van der Waals surface area contributed by atoms with Gasteiger partial charge in [0.25, 0.3) is 0 Å². The van der Waals surface area contributed by atoms with Gasteiger partial charge in [0.1, 0.15) is 10.8 Å². The van der Waals surface area contributed by atoms with Crippen molar-refractivity contribution in [3.8, 4) is 27.6 Å². The van der Waals surface area contributed by atoms with Crippen molar-refractivity contribution in [1.29, 1.82) is 0 Å². The Labute approximate surface area is 212 Å². The Balaban J connectivity index is 1.24. The average molecular weight is 485 g/mol. The molecule has 4 nitrogen and oxygen atoms in total. The minimum Gasteiger partial charge on any atom is -0.494 e. The third-order valence-electron chi connectivity index (χ3n) is 5.88. The zero-order valence-corrected chi connectivity index (χ0v) is 21.6. The number of nitrogens with zero attached hydrogens (tertiary/aromatic N) is 1. The van der Waals surface area contributed by atoms with Gasteiger partial charge in [-0.05, 0) is 54.2 Å². The molecule has 1 aromatic heterocycles. The zero-order valence-electron chi connectivity index (χ0n) is 20.8. The first-order valence-corrected chi connectivity index (χ1v) is 12.8. The number of ether oxygens (including phenoxy) is 1. The Morgan fingerprint density at radius 2 is 1.69 bits per heavy atom. The number of amides is 1. The summed E-state index contributed by atoms with van der Waals surface area (Å²) in [6, 6.07) is 24.3. The largest absolute Gasteiger partial charge is 0.494 e. The maximum atomic E-state index is 12.3. The predicted octanol–water partition coefficient (Wildman–Crippen LogP) is 7.88. The van der Waals surface area contributed by atoms with Crippen molar-refractivity contribution in [3.63, 3.8) is 0 Å². The summed E-state index contributed by atoms with van der Waals surface area (Å²) in [5.41, 5.74) is 6.54. The fourth-order valence-corrected chi connectivity index (χ4v) is 4.68. The lowest BCUT2D eigenvalue weighted by Crippen LogP contribution is -2.13. The molecule has 0 unspecified atom stereocenters. The van der Waals surface area contributed by atoms with E-state index in [9.17, 15) is 4.79 Å². The van der Waals surface area contributed by atoms with Crippen molar-refractivity contribution in [2.75, 3.05) is 11.9 Å². The van der Waals surface area contributed by atoms with Gasteiger partial charge in [0.05, 0.1) is 12.3 Å². The van der Waals surface area contributed by atoms with E-state index in [1.807, 2.05) is 48.5 Å². The van der Waals surface area contributed by atoms with Crippen LogP contribution in [0.15, 0.2) is 78.2 Å². The SMILES string of the molecule is Cc1ccccc1-c1nc(-c2ccc(NC(=O)CCCOc3ccc(C(C)(C)C)cc3)cc2)cs1. The minimum atomic E-state index is -0.0140. The number of aromatic nitrogens is 1. The smallest absolute Gasteiger partial charge is 0.224 e. The van der Waals surface area contributed by atoms with E-state index in [0.29, 0.717) is 19.4 Å². The highest BCUT2D eigenvalue weighted by Gasteiger charge is 2.13. The lowest BCUT2D eigenvalue weighted by atomic mass is 9.87. The van der Waals surface area contributed by atoms with Crippen LogP contribution in [-0.2, 0) is 10.2 Å². The number of benzene rings is 3. The third-order valence-corrected chi connectivity index (χ3v) is 6.76. The van der Waals surface area contributed by atoms with Crippen LogP contribution >= 0.6 is 11.3 Å². The van der Waals surface area contributed by atoms with Gasteiger partial charge in [-0.3, -0.25) is 4.79 Å². The van der Waals surface area contributed by atoms with Gasteiger partial charge in [-0.1, -0.05) is 69.3 Å². The molecule has 35 heavy (non-hydrogen) atoms. The Hall–Kier alpha value is -3.44. The quantitative estimate of drug-likeness (QED) is 0.259. The lowest BCUT2D eigenvalue weighted by molar-refractivity contribution is -0.116. The van der Waals surface area contributed by atoms with Crippen molar-refractivity contribution in [1.82, 2.24) is 4.98 Å². The van der Waals surface area contributed by atoms with E-state index in [1.54, 1.807) is 11.3 Å². The fourth-order valence-electron chi connectivity index (χ4n) is 3.76. The Morgan fingerprint density at radius 1 is 0.971 bits per heavy atom.